The molecule has 0 spiro atoms. The molecule has 304 valence electrons. The summed E-state index contributed by atoms with van der Waals surface area (Å²) >= 11 is 1.47. The molecular formula is C41H47N9O7S. The van der Waals surface area contributed by atoms with Crippen molar-refractivity contribution >= 4 is 52.0 Å². The van der Waals surface area contributed by atoms with Crippen molar-refractivity contribution < 1.29 is 33.4 Å². The van der Waals surface area contributed by atoms with Crippen LogP contribution in [0.4, 0.5) is 15.4 Å². The van der Waals surface area contributed by atoms with Gasteiger partial charge in [-0.15, -0.1) is 0 Å². The molecule has 16 nitrogen and oxygen atoms in total. The van der Waals surface area contributed by atoms with Gasteiger partial charge in [-0.05, 0) is 55.2 Å². The number of carbonyl (C=O) groups is 5. The fourth-order valence-corrected chi connectivity index (χ4v) is 8.52. The van der Waals surface area contributed by atoms with Crippen LogP contribution in [0.1, 0.15) is 69.9 Å². The van der Waals surface area contributed by atoms with Gasteiger partial charge in [-0.1, -0.05) is 79.8 Å². The molecule has 0 aliphatic carbocycles. The molecule has 5 aromatic rings. The Kier molecular flexibility index (Phi) is 12.1. The Hall–Kier alpha value is -6.23. The maximum absolute atomic E-state index is 13.8. The lowest BCUT2D eigenvalue weighted by Gasteiger charge is -2.30. The quantitative estimate of drug-likeness (QED) is 0.119. The number of methoxy groups -OCH3 is 1. The Labute approximate surface area is 339 Å². The van der Waals surface area contributed by atoms with Crippen molar-refractivity contribution in [3.8, 4) is 21.7 Å². The number of hydrogen-bond donors (Lipinski definition) is 4. The third-order valence-electron chi connectivity index (χ3n) is 10.5. The second-order valence-corrected chi connectivity index (χ2v) is 15.6. The Morgan fingerprint density at radius 2 is 1.62 bits per heavy atom. The maximum Gasteiger partial charge on any atom is 0.408 e. The molecule has 4 N–H and O–H groups in total. The minimum atomic E-state index is -1.00. The number of amides is 5. The van der Waals surface area contributed by atoms with Gasteiger partial charge in [0, 0.05) is 19.3 Å². The highest BCUT2D eigenvalue weighted by molar-refractivity contribution is 7.20. The normalized spacial score (nSPS) is 17.6. The lowest BCUT2D eigenvalue weighted by atomic mass is 10.0. The van der Waals surface area contributed by atoms with Crippen molar-refractivity contribution in [1.29, 1.82) is 0 Å². The van der Waals surface area contributed by atoms with Crippen molar-refractivity contribution in [2.45, 2.75) is 70.6 Å². The summed E-state index contributed by atoms with van der Waals surface area (Å²) in [4.78, 5) is 82.9. The van der Waals surface area contributed by atoms with Crippen LogP contribution in [0, 0.1) is 5.92 Å². The van der Waals surface area contributed by atoms with E-state index >= 15 is 0 Å². The first-order valence-corrected chi connectivity index (χ1v) is 20.2. The minimum Gasteiger partial charge on any atom is -0.453 e. The summed E-state index contributed by atoms with van der Waals surface area (Å²) < 4.78 is 11.7. The highest BCUT2D eigenvalue weighted by atomic mass is 32.1. The topological polar surface area (TPSA) is 192 Å². The molecule has 0 radical (unpaired) electrons. The van der Waals surface area contributed by atoms with E-state index in [4.69, 9.17) is 9.47 Å². The minimum absolute atomic E-state index is 0.121. The van der Waals surface area contributed by atoms with Crippen molar-refractivity contribution in [1.82, 2.24) is 39.8 Å². The number of anilines is 1. The number of ether oxygens (including phenoxy) is 2. The zero-order valence-electron chi connectivity index (χ0n) is 32.8. The fourth-order valence-electron chi connectivity index (χ4n) is 7.55. The van der Waals surface area contributed by atoms with E-state index in [1.165, 1.54) is 23.3 Å². The molecule has 3 aromatic heterocycles. The van der Waals surface area contributed by atoms with Crippen LogP contribution in [0.25, 0.3) is 26.7 Å². The summed E-state index contributed by atoms with van der Waals surface area (Å²) in [5.74, 6) is 0.0593. The van der Waals surface area contributed by atoms with Crippen LogP contribution in [-0.4, -0.2) is 98.0 Å². The molecule has 2 saturated heterocycles. The summed E-state index contributed by atoms with van der Waals surface area (Å²) in [5.41, 5.74) is 3.34. The number of thiazole rings is 1. The standard InChI is InChI=1S/C41H47N9O7S/c1-5-57-41(55)47-34(27-11-7-6-8-12-27)38(53)50-20-10-14-30(50)36(51)44-32-23-48-22-31(58-39(48)45-32)26-17-15-25(16-18-26)28-21-42-35(43-28)29-13-9-19-49(29)37(52)33(24(2)3)46-40(54)56-4/h6-8,11-12,15-18,21-24,29-30,33-34H,5,9-10,13-14,19-20H2,1-4H3,(H,42,43)(H,44,51)(H,46,54)(H,47,55)/t29-,30-,33+,34-/m0/s1. The van der Waals surface area contributed by atoms with E-state index in [0.717, 1.165) is 34.5 Å². The van der Waals surface area contributed by atoms with Crippen LogP contribution in [0.5, 0.6) is 0 Å². The third-order valence-corrected chi connectivity index (χ3v) is 11.5. The van der Waals surface area contributed by atoms with Crippen LogP contribution in [-0.2, 0) is 23.9 Å². The molecule has 7 rings (SSSR count). The SMILES string of the molecule is CCOC(=O)N[C@H](C(=O)N1CCC[C@H]1C(=O)Nc1cn2cc(-c3ccc(-c4cnc([C@@H]5CCCN5C(=O)[C@H](NC(=O)OC)C(C)C)[nH]4)cc3)sc2n1)c1ccccc1. The monoisotopic (exact) mass is 809 g/mol. The van der Waals surface area contributed by atoms with E-state index in [9.17, 15) is 24.0 Å². The average molecular weight is 810 g/mol. The second-order valence-electron chi connectivity index (χ2n) is 14.6. The van der Waals surface area contributed by atoms with E-state index in [2.05, 4.69) is 30.9 Å². The number of nitrogens with one attached hydrogen (secondary N) is 4. The molecular weight excluding hydrogens is 763 g/mol. The van der Waals surface area contributed by atoms with Crippen LogP contribution in [0.15, 0.2) is 73.2 Å². The molecule has 5 amide bonds. The molecule has 2 aliphatic heterocycles. The maximum atomic E-state index is 13.8. The Bertz CT molecular complexity index is 2240. The highest BCUT2D eigenvalue weighted by Crippen LogP contribution is 2.35. The number of fused-ring (bicyclic) bond motifs is 1. The largest absolute Gasteiger partial charge is 0.453 e. The van der Waals surface area contributed by atoms with Gasteiger partial charge in [-0.3, -0.25) is 18.8 Å². The molecule has 0 bridgehead atoms. The number of alkyl carbamates (subject to hydrolysis) is 2. The van der Waals surface area contributed by atoms with Gasteiger partial charge >= 0.3 is 12.2 Å². The number of rotatable bonds is 12. The number of nitrogens with zero attached hydrogens (tertiary/aromatic N) is 5. The molecule has 5 heterocycles. The number of likely N-dealkylation sites (tertiary alicyclic amines) is 2. The first-order valence-electron chi connectivity index (χ1n) is 19.4. The summed E-state index contributed by atoms with van der Waals surface area (Å²) in [6.45, 7) is 6.57. The summed E-state index contributed by atoms with van der Waals surface area (Å²) in [7, 11) is 1.28. The van der Waals surface area contributed by atoms with Crippen LogP contribution >= 0.6 is 11.3 Å². The third kappa shape index (κ3) is 8.54. The van der Waals surface area contributed by atoms with Gasteiger partial charge in [-0.25, -0.2) is 19.6 Å². The molecule has 2 fully saturated rings. The summed E-state index contributed by atoms with van der Waals surface area (Å²) in [6.07, 6.45) is 6.84. The van der Waals surface area contributed by atoms with E-state index < -0.39 is 30.3 Å². The van der Waals surface area contributed by atoms with Crippen molar-refractivity contribution in [2.24, 2.45) is 5.92 Å². The predicted octanol–water partition coefficient (Wildman–Crippen LogP) is 5.91. The van der Waals surface area contributed by atoms with Crippen molar-refractivity contribution in [2.75, 3.05) is 32.1 Å². The van der Waals surface area contributed by atoms with Crippen molar-refractivity contribution in [3.63, 3.8) is 0 Å². The average Bonchev–Trinajstić information content (AvgIpc) is 4.07. The van der Waals surface area contributed by atoms with Crippen LogP contribution < -0.4 is 16.0 Å². The van der Waals surface area contributed by atoms with Crippen LogP contribution in [0.3, 0.4) is 0 Å². The van der Waals surface area contributed by atoms with Gasteiger partial charge in [0.2, 0.25) is 11.8 Å². The Balaban J connectivity index is 0.992. The number of carbonyl (C=O) groups excluding carboxylic acids is 5. The summed E-state index contributed by atoms with van der Waals surface area (Å²) in [5, 5.41) is 8.24. The number of hydrogen-bond acceptors (Lipinski definition) is 10. The first kappa shape index (κ1) is 40.0. The number of H-pyrrole nitrogens is 1. The zero-order valence-corrected chi connectivity index (χ0v) is 33.6. The molecule has 0 unspecified atom stereocenters. The number of imidazole rings is 2. The second kappa shape index (κ2) is 17.5. The first-order chi connectivity index (χ1) is 28.0. The van der Waals surface area contributed by atoms with Gasteiger partial charge in [0.05, 0.1) is 42.7 Å². The smallest absolute Gasteiger partial charge is 0.408 e. The lowest BCUT2D eigenvalue weighted by Crippen LogP contribution is -2.51. The molecule has 0 saturated carbocycles. The predicted molar refractivity (Wildman–Crippen MR) is 217 cm³/mol. The van der Waals surface area contributed by atoms with Crippen molar-refractivity contribution in [3.05, 3.63) is 84.6 Å². The Morgan fingerprint density at radius 1 is 0.897 bits per heavy atom. The summed E-state index contributed by atoms with van der Waals surface area (Å²) in [6, 6.07) is 14.3. The molecule has 4 atom stereocenters. The van der Waals surface area contributed by atoms with E-state index in [1.54, 1.807) is 48.5 Å². The van der Waals surface area contributed by atoms with Gasteiger partial charge in [-0.2, -0.15) is 0 Å². The zero-order chi connectivity index (χ0) is 40.9. The van der Waals surface area contributed by atoms with Crippen LogP contribution in [0.2, 0.25) is 0 Å². The molecule has 2 aromatic carbocycles. The van der Waals surface area contributed by atoms with Gasteiger partial charge < -0.3 is 40.2 Å². The molecule has 2 aliphatic rings. The van der Waals surface area contributed by atoms with E-state index in [1.807, 2.05) is 54.8 Å². The molecule has 17 heteroatoms. The number of aromatic amines is 1. The number of benzene rings is 2. The lowest BCUT2D eigenvalue weighted by molar-refractivity contribution is -0.138. The van der Waals surface area contributed by atoms with Gasteiger partial charge in [0.25, 0.3) is 5.91 Å². The fraction of sp³-hybridized carbons (Fsp3) is 0.390. The van der Waals surface area contributed by atoms with Gasteiger partial charge in [0.1, 0.15) is 23.9 Å². The Morgan fingerprint density at radius 3 is 2.33 bits per heavy atom. The number of aromatic nitrogens is 4. The molecule has 58 heavy (non-hydrogen) atoms. The highest BCUT2D eigenvalue weighted by Gasteiger charge is 2.39. The van der Waals surface area contributed by atoms with Gasteiger partial charge in [0.15, 0.2) is 10.8 Å². The van der Waals surface area contributed by atoms with E-state index in [-0.39, 0.29) is 36.3 Å². The van der Waals surface area contributed by atoms with E-state index in [0.29, 0.717) is 48.1 Å².